The molecule has 0 atom stereocenters. The fraction of sp³-hybridized carbons (Fsp3) is 0.417. The van der Waals surface area contributed by atoms with Crippen LogP contribution in [0.2, 0.25) is 0 Å². The molecule has 0 aliphatic rings. The molecule has 0 radical (unpaired) electrons. The minimum Gasteiger partial charge on any atom is -0.303 e. The third-order valence-electron chi connectivity index (χ3n) is 2.29. The van der Waals surface area contributed by atoms with E-state index in [4.69, 9.17) is 0 Å². The van der Waals surface area contributed by atoms with Crippen molar-refractivity contribution in [3.8, 4) is 0 Å². The Morgan fingerprint density at radius 3 is 2.19 bits per heavy atom. The molecule has 1 rings (SSSR count). The van der Waals surface area contributed by atoms with Gasteiger partial charge in [-0.15, -0.1) is 0 Å². The third kappa shape index (κ3) is 2.26. The predicted octanol–water partition coefficient (Wildman–Crippen LogP) is 3.14. The van der Waals surface area contributed by atoms with Crippen molar-refractivity contribution < 1.29 is 18.0 Å². The summed E-state index contributed by atoms with van der Waals surface area (Å²) in [5, 5.41) is 0. The highest BCUT2D eigenvalue weighted by Crippen LogP contribution is 2.30. The van der Waals surface area contributed by atoms with Crippen molar-refractivity contribution in [3.05, 3.63) is 34.6 Å². The fourth-order valence-electron chi connectivity index (χ4n) is 1.57. The Kier molecular flexibility index (Phi) is 3.41. The number of hydrogen-bond donors (Lipinski definition) is 0. The molecule has 0 saturated heterocycles. The monoisotopic (exact) mass is 230 g/mol. The largest absolute Gasteiger partial charge is 0.303 e. The Bertz CT molecular complexity index is 419. The molecule has 0 bridgehead atoms. The second kappa shape index (κ2) is 4.28. The molecule has 0 heterocycles. The van der Waals surface area contributed by atoms with Gasteiger partial charge in [0.2, 0.25) is 0 Å². The van der Waals surface area contributed by atoms with Crippen molar-refractivity contribution >= 4 is 6.29 Å². The molecule has 0 aromatic heterocycles. The van der Waals surface area contributed by atoms with Gasteiger partial charge < -0.3 is 4.79 Å². The lowest BCUT2D eigenvalue weighted by atomic mass is 9.85. The zero-order chi connectivity index (χ0) is 12.5. The Balaban J connectivity index is 3.46. The number of benzene rings is 1. The summed E-state index contributed by atoms with van der Waals surface area (Å²) in [6.07, 6.45) is 0.0815. The summed E-state index contributed by atoms with van der Waals surface area (Å²) in [4.78, 5) is 10.2. The molecule has 0 saturated carbocycles. The second-order valence-corrected chi connectivity index (χ2v) is 4.64. The minimum atomic E-state index is -1.20. The predicted molar refractivity (Wildman–Crippen MR) is 54.8 cm³/mol. The molecule has 1 aromatic carbocycles. The molecule has 0 amide bonds. The van der Waals surface area contributed by atoms with Crippen LogP contribution in [-0.4, -0.2) is 6.29 Å². The molecule has 16 heavy (non-hydrogen) atoms. The molecular formula is C12H13F3O. The van der Waals surface area contributed by atoms with E-state index >= 15 is 0 Å². The maximum Gasteiger partial charge on any atom is 0.165 e. The van der Waals surface area contributed by atoms with Gasteiger partial charge in [0.15, 0.2) is 11.6 Å². The molecule has 0 unspecified atom stereocenters. The van der Waals surface area contributed by atoms with Gasteiger partial charge in [-0.25, -0.2) is 13.2 Å². The average molecular weight is 230 g/mol. The molecule has 1 aromatic rings. The van der Waals surface area contributed by atoms with E-state index in [0.29, 0.717) is 6.29 Å². The van der Waals surface area contributed by atoms with E-state index in [2.05, 4.69) is 0 Å². The van der Waals surface area contributed by atoms with E-state index < -0.39 is 22.9 Å². The van der Waals surface area contributed by atoms with E-state index in [-0.39, 0.29) is 17.5 Å². The highest BCUT2D eigenvalue weighted by molar-refractivity contribution is 5.55. The summed E-state index contributed by atoms with van der Waals surface area (Å²) in [5.74, 6) is -3.16. The molecule has 0 aliphatic heterocycles. The van der Waals surface area contributed by atoms with Crippen molar-refractivity contribution in [2.24, 2.45) is 0 Å². The minimum absolute atomic E-state index is 0.252. The molecule has 0 fully saturated rings. The number of halogens is 3. The van der Waals surface area contributed by atoms with Gasteiger partial charge in [0.1, 0.15) is 12.1 Å². The molecule has 0 spiro atoms. The van der Waals surface area contributed by atoms with Gasteiger partial charge in [-0.05, 0) is 11.5 Å². The van der Waals surface area contributed by atoms with Crippen LogP contribution in [0.1, 0.15) is 31.9 Å². The number of aldehydes is 1. The normalized spacial score (nSPS) is 11.6. The Hall–Kier alpha value is -1.32. The van der Waals surface area contributed by atoms with Gasteiger partial charge in [-0.1, -0.05) is 20.8 Å². The Morgan fingerprint density at radius 2 is 1.75 bits per heavy atom. The van der Waals surface area contributed by atoms with Gasteiger partial charge in [-0.3, -0.25) is 0 Å². The van der Waals surface area contributed by atoms with Crippen LogP contribution >= 0.6 is 0 Å². The molecular weight excluding hydrogens is 217 g/mol. The SMILES string of the molecule is CC(C)(C)c1c(F)cc(CC=O)c(F)c1F. The summed E-state index contributed by atoms with van der Waals surface area (Å²) in [5.41, 5.74) is -1.37. The third-order valence-corrected chi connectivity index (χ3v) is 2.29. The van der Waals surface area contributed by atoms with E-state index in [9.17, 15) is 18.0 Å². The van der Waals surface area contributed by atoms with Crippen molar-refractivity contribution in [1.82, 2.24) is 0 Å². The van der Waals surface area contributed by atoms with Gasteiger partial charge >= 0.3 is 0 Å². The standard InChI is InChI=1S/C12H13F3O/c1-12(2,3)9-8(13)6-7(4-5-16)10(14)11(9)15/h5-6H,4H2,1-3H3. The summed E-state index contributed by atoms with van der Waals surface area (Å²) in [7, 11) is 0. The van der Waals surface area contributed by atoms with Crippen molar-refractivity contribution in [2.75, 3.05) is 0 Å². The van der Waals surface area contributed by atoms with Crippen LogP contribution in [0.15, 0.2) is 6.07 Å². The molecule has 0 aliphatic carbocycles. The first-order valence-corrected chi connectivity index (χ1v) is 4.89. The van der Waals surface area contributed by atoms with Crippen LogP contribution in [0.5, 0.6) is 0 Å². The van der Waals surface area contributed by atoms with Crippen molar-refractivity contribution in [3.63, 3.8) is 0 Å². The first-order valence-electron chi connectivity index (χ1n) is 4.89. The fourth-order valence-corrected chi connectivity index (χ4v) is 1.57. The smallest absolute Gasteiger partial charge is 0.165 e. The molecule has 1 nitrogen and oxygen atoms in total. The number of carbonyl (C=O) groups is 1. The van der Waals surface area contributed by atoms with Gasteiger partial charge in [0, 0.05) is 17.5 Å². The molecule has 0 N–H and O–H groups in total. The lowest BCUT2D eigenvalue weighted by Gasteiger charge is -2.21. The van der Waals surface area contributed by atoms with E-state index in [1.807, 2.05) is 0 Å². The van der Waals surface area contributed by atoms with Crippen molar-refractivity contribution in [2.45, 2.75) is 32.6 Å². The van der Waals surface area contributed by atoms with E-state index in [0.717, 1.165) is 6.07 Å². The highest BCUT2D eigenvalue weighted by Gasteiger charge is 2.27. The number of rotatable bonds is 2. The lowest BCUT2D eigenvalue weighted by Crippen LogP contribution is -2.18. The highest BCUT2D eigenvalue weighted by atomic mass is 19.2. The second-order valence-electron chi connectivity index (χ2n) is 4.64. The summed E-state index contributed by atoms with van der Waals surface area (Å²) >= 11 is 0. The van der Waals surface area contributed by atoms with Crippen molar-refractivity contribution in [1.29, 1.82) is 0 Å². The topological polar surface area (TPSA) is 17.1 Å². The van der Waals surface area contributed by atoms with Crippen LogP contribution in [0.4, 0.5) is 13.2 Å². The number of hydrogen-bond acceptors (Lipinski definition) is 1. The lowest BCUT2D eigenvalue weighted by molar-refractivity contribution is -0.107. The maximum absolute atomic E-state index is 13.6. The maximum atomic E-state index is 13.6. The molecule has 4 heteroatoms. The van der Waals surface area contributed by atoms with Crippen LogP contribution in [0, 0.1) is 17.5 Å². The van der Waals surface area contributed by atoms with E-state index in [1.54, 1.807) is 20.8 Å². The average Bonchev–Trinajstić information content (AvgIpc) is 2.12. The zero-order valence-corrected chi connectivity index (χ0v) is 9.40. The van der Waals surface area contributed by atoms with E-state index in [1.165, 1.54) is 0 Å². The van der Waals surface area contributed by atoms with Crippen LogP contribution in [-0.2, 0) is 16.6 Å². The summed E-state index contributed by atoms with van der Waals surface area (Å²) in [6, 6.07) is 0.882. The van der Waals surface area contributed by atoms with Crippen LogP contribution < -0.4 is 0 Å². The molecule has 88 valence electrons. The van der Waals surface area contributed by atoms with Gasteiger partial charge in [0.05, 0.1) is 0 Å². The number of carbonyl (C=O) groups excluding carboxylic acids is 1. The summed E-state index contributed by atoms with van der Waals surface area (Å²) < 4.78 is 40.7. The Morgan fingerprint density at radius 1 is 1.19 bits per heavy atom. The van der Waals surface area contributed by atoms with Crippen LogP contribution in [0.3, 0.4) is 0 Å². The zero-order valence-electron chi connectivity index (χ0n) is 9.40. The van der Waals surface area contributed by atoms with Gasteiger partial charge in [-0.2, -0.15) is 0 Å². The first-order chi connectivity index (χ1) is 7.29. The quantitative estimate of drug-likeness (QED) is 0.563. The van der Waals surface area contributed by atoms with Crippen LogP contribution in [0.25, 0.3) is 0 Å². The first kappa shape index (κ1) is 12.7. The van der Waals surface area contributed by atoms with Gasteiger partial charge in [0.25, 0.3) is 0 Å². The summed E-state index contributed by atoms with van der Waals surface area (Å²) in [6.45, 7) is 4.77. The Labute approximate surface area is 92.3 Å².